The van der Waals surface area contributed by atoms with Crippen LogP contribution in [0.25, 0.3) is 11.5 Å². The van der Waals surface area contributed by atoms with Crippen LogP contribution in [0.4, 0.5) is 5.69 Å². The van der Waals surface area contributed by atoms with Crippen LogP contribution < -0.4 is 10.1 Å². The van der Waals surface area contributed by atoms with Crippen molar-refractivity contribution in [1.29, 1.82) is 0 Å². The minimum atomic E-state index is -0.140. The fourth-order valence-corrected chi connectivity index (χ4v) is 2.59. The lowest BCUT2D eigenvalue weighted by molar-refractivity contribution is -0.115. The Morgan fingerprint density at radius 2 is 2.04 bits per heavy atom. The van der Waals surface area contributed by atoms with Crippen molar-refractivity contribution in [2.45, 2.75) is 6.42 Å². The van der Waals surface area contributed by atoms with Gasteiger partial charge in [-0.05, 0) is 47.9 Å². The molecule has 0 spiro atoms. The highest BCUT2D eigenvalue weighted by Gasteiger charge is 2.11. The first-order chi connectivity index (χ1) is 11.2. The summed E-state index contributed by atoms with van der Waals surface area (Å²) in [5.74, 6) is 1.15. The average molecular weight is 326 g/mol. The summed E-state index contributed by atoms with van der Waals surface area (Å²) in [5.41, 5.74) is 1.41. The summed E-state index contributed by atoms with van der Waals surface area (Å²) >= 11 is 1.21. The molecule has 0 bridgehead atoms. The van der Waals surface area contributed by atoms with E-state index < -0.39 is 0 Å². The highest BCUT2D eigenvalue weighted by Crippen LogP contribution is 2.17. The van der Waals surface area contributed by atoms with Crippen molar-refractivity contribution in [3.05, 3.63) is 53.7 Å². The molecule has 0 saturated heterocycles. The van der Waals surface area contributed by atoms with Gasteiger partial charge in [0.15, 0.2) is 5.82 Å². The molecule has 1 N–H and O–H groups in total. The second kappa shape index (κ2) is 6.97. The zero-order valence-corrected chi connectivity index (χ0v) is 13.2. The molecular weight excluding hydrogens is 312 g/mol. The number of nitrogens with zero attached hydrogens (tertiary/aromatic N) is 3. The van der Waals surface area contributed by atoms with Gasteiger partial charge in [0.2, 0.25) is 5.91 Å². The second-order valence-electron chi connectivity index (χ2n) is 4.68. The predicted octanol–water partition coefficient (Wildman–Crippen LogP) is 2.79. The van der Waals surface area contributed by atoms with Crippen LogP contribution >= 0.6 is 11.5 Å². The van der Waals surface area contributed by atoms with Gasteiger partial charge >= 0.3 is 0 Å². The van der Waals surface area contributed by atoms with Gasteiger partial charge in [0.05, 0.1) is 13.5 Å². The molecule has 23 heavy (non-hydrogen) atoms. The van der Waals surface area contributed by atoms with Crippen LogP contribution in [0.5, 0.6) is 5.75 Å². The van der Waals surface area contributed by atoms with Crippen LogP contribution in [-0.2, 0) is 11.2 Å². The van der Waals surface area contributed by atoms with Crippen molar-refractivity contribution in [2.24, 2.45) is 0 Å². The van der Waals surface area contributed by atoms with Crippen molar-refractivity contribution in [3.8, 4) is 17.3 Å². The first kappa shape index (κ1) is 15.1. The average Bonchev–Trinajstić information content (AvgIpc) is 3.04. The first-order valence-electron chi connectivity index (χ1n) is 6.92. The summed E-state index contributed by atoms with van der Waals surface area (Å²) in [7, 11) is 1.60. The highest BCUT2D eigenvalue weighted by molar-refractivity contribution is 7.05. The molecule has 3 rings (SSSR count). The largest absolute Gasteiger partial charge is 0.497 e. The maximum atomic E-state index is 12.1. The molecule has 0 aliphatic carbocycles. The molecule has 0 radical (unpaired) electrons. The lowest BCUT2D eigenvalue weighted by atomic mass is 10.3. The number of carbonyl (C=O) groups excluding carboxylic acids is 1. The summed E-state index contributed by atoms with van der Waals surface area (Å²) in [6, 6.07) is 12.7. The van der Waals surface area contributed by atoms with E-state index in [4.69, 9.17) is 4.74 Å². The number of hydrogen-bond acceptors (Lipinski definition) is 6. The van der Waals surface area contributed by atoms with Gasteiger partial charge in [-0.1, -0.05) is 6.07 Å². The zero-order valence-electron chi connectivity index (χ0n) is 12.4. The van der Waals surface area contributed by atoms with Gasteiger partial charge in [-0.25, -0.2) is 4.98 Å². The molecule has 3 aromatic rings. The SMILES string of the molecule is COc1ccc(NC(=O)Cc2nc(-c3ccccn3)ns2)cc1. The molecule has 2 aromatic heterocycles. The molecule has 0 aliphatic rings. The predicted molar refractivity (Wildman–Crippen MR) is 88.5 cm³/mol. The minimum absolute atomic E-state index is 0.140. The monoisotopic (exact) mass is 326 g/mol. The third kappa shape index (κ3) is 3.89. The quantitative estimate of drug-likeness (QED) is 0.780. The van der Waals surface area contributed by atoms with Crippen molar-refractivity contribution in [2.75, 3.05) is 12.4 Å². The van der Waals surface area contributed by atoms with Crippen molar-refractivity contribution in [1.82, 2.24) is 14.3 Å². The fourth-order valence-electron chi connectivity index (χ4n) is 1.94. The number of hydrogen-bond donors (Lipinski definition) is 1. The number of aromatic nitrogens is 3. The lowest BCUT2D eigenvalue weighted by Crippen LogP contribution is -2.14. The third-order valence-corrected chi connectivity index (χ3v) is 3.76. The molecule has 0 aliphatic heterocycles. The van der Waals surface area contributed by atoms with Gasteiger partial charge in [0.25, 0.3) is 0 Å². The lowest BCUT2D eigenvalue weighted by Gasteiger charge is -2.05. The van der Waals surface area contributed by atoms with E-state index in [1.807, 2.05) is 18.2 Å². The Morgan fingerprint density at radius 1 is 1.22 bits per heavy atom. The maximum absolute atomic E-state index is 12.1. The summed E-state index contributed by atoms with van der Waals surface area (Å²) in [5, 5.41) is 3.47. The Labute approximate surface area is 137 Å². The maximum Gasteiger partial charge on any atom is 0.231 e. The number of pyridine rings is 1. The minimum Gasteiger partial charge on any atom is -0.497 e. The molecular formula is C16H14N4O2S. The number of carbonyl (C=O) groups is 1. The van der Waals surface area contributed by atoms with Gasteiger partial charge < -0.3 is 10.1 Å². The van der Waals surface area contributed by atoms with Crippen LogP contribution in [0.3, 0.4) is 0 Å². The van der Waals surface area contributed by atoms with Crippen LogP contribution in [-0.4, -0.2) is 27.4 Å². The number of anilines is 1. The molecule has 0 saturated carbocycles. The molecule has 1 aromatic carbocycles. The van der Waals surface area contributed by atoms with Crippen molar-refractivity contribution in [3.63, 3.8) is 0 Å². The molecule has 6 nitrogen and oxygen atoms in total. The number of methoxy groups -OCH3 is 1. The molecule has 0 unspecified atom stereocenters. The number of amides is 1. The van der Waals surface area contributed by atoms with E-state index in [0.29, 0.717) is 22.2 Å². The van der Waals surface area contributed by atoms with Gasteiger partial charge in [-0.15, -0.1) is 0 Å². The van der Waals surface area contributed by atoms with E-state index in [0.717, 1.165) is 5.75 Å². The Balaban J connectivity index is 1.63. The van der Waals surface area contributed by atoms with Gasteiger partial charge in [-0.2, -0.15) is 4.37 Å². The topological polar surface area (TPSA) is 77.0 Å². The Hall–Kier alpha value is -2.80. The van der Waals surface area contributed by atoms with E-state index in [-0.39, 0.29) is 12.3 Å². The third-order valence-electron chi connectivity index (χ3n) is 3.05. The van der Waals surface area contributed by atoms with Gasteiger partial charge in [0, 0.05) is 11.9 Å². The van der Waals surface area contributed by atoms with Crippen molar-refractivity contribution >= 4 is 23.1 Å². The Kier molecular flexibility index (Phi) is 4.58. The first-order valence-corrected chi connectivity index (χ1v) is 7.70. The van der Waals surface area contributed by atoms with Crippen molar-refractivity contribution < 1.29 is 9.53 Å². The summed E-state index contributed by atoms with van der Waals surface area (Å²) in [6.07, 6.45) is 1.86. The van der Waals surface area contributed by atoms with Crippen LogP contribution in [0, 0.1) is 0 Å². The van der Waals surface area contributed by atoms with Crippen LogP contribution in [0.15, 0.2) is 48.7 Å². The Morgan fingerprint density at radius 3 is 2.74 bits per heavy atom. The summed E-state index contributed by atoms with van der Waals surface area (Å²) in [6.45, 7) is 0. The van der Waals surface area contributed by atoms with Crippen LogP contribution in [0.2, 0.25) is 0 Å². The second-order valence-corrected chi connectivity index (χ2v) is 5.52. The number of rotatable bonds is 5. The number of benzene rings is 1. The number of nitrogens with one attached hydrogen (secondary N) is 1. The standard InChI is InChI=1S/C16H14N4O2S/c1-22-12-7-5-11(6-8-12)18-14(21)10-15-19-16(20-23-15)13-4-2-3-9-17-13/h2-9H,10H2,1H3,(H,18,21). The molecule has 1 amide bonds. The molecule has 116 valence electrons. The van der Waals surface area contributed by atoms with Gasteiger partial charge in [-0.3, -0.25) is 9.78 Å². The van der Waals surface area contributed by atoms with E-state index in [2.05, 4.69) is 19.7 Å². The number of ether oxygens (including phenoxy) is 1. The molecule has 0 fully saturated rings. The molecule has 0 atom stereocenters. The van der Waals surface area contributed by atoms with E-state index in [1.165, 1.54) is 11.5 Å². The zero-order chi connectivity index (χ0) is 16.1. The van der Waals surface area contributed by atoms with E-state index in [1.54, 1.807) is 37.6 Å². The van der Waals surface area contributed by atoms with E-state index in [9.17, 15) is 4.79 Å². The van der Waals surface area contributed by atoms with E-state index >= 15 is 0 Å². The molecule has 2 heterocycles. The smallest absolute Gasteiger partial charge is 0.231 e. The highest BCUT2D eigenvalue weighted by atomic mass is 32.1. The summed E-state index contributed by atoms with van der Waals surface area (Å²) < 4.78 is 9.32. The molecule has 7 heteroatoms. The van der Waals surface area contributed by atoms with Gasteiger partial charge in [0.1, 0.15) is 16.5 Å². The summed E-state index contributed by atoms with van der Waals surface area (Å²) in [4.78, 5) is 20.6. The fraction of sp³-hybridized carbons (Fsp3) is 0.125. The van der Waals surface area contributed by atoms with Crippen LogP contribution in [0.1, 0.15) is 5.01 Å². The Bertz CT molecular complexity index is 787. The normalized spacial score (nSPS) is 10.3.